The monoisotopic (exact) mass is 490 g/mol. The molecule has 5 fully saturated rings. The molecule has 3 unspecified atom stereocenters. The van der Waals surface area contributed by atoms with Crippen molar-refractivity contribution in [2.75, 3.05) is 18.4 Å². The molecule has 2 aliphatic heterocycles. The molecular formula is C28H34N4O4. The minimum atomic E-state index is -0.930. The zero-order valence-corrected chi connectivity index (χ0v) is 20.6. The molecule has 0 aromatic heterocycles. The van der Waals surface area contributed by atoms with Gasteiger partial charge in [-0.15, -0.1) is 0 Å². The van der Waals surface area contributed by atoms with E-state index in [2.05, 4.69) is 16.0 Å². The van der Waals surface area contributed by atoms with Crippen molar-refractivity contribution in [3.63, 3.8) is 0 Å². The molecule has 4 saturated carbocycles. The number of imide groups is 2. The van der Waals surface area contributed by atoms with Gasteiger partial charge < -0.3 is 10.6 Å². The van der Waals surface area contributed by atoms with Crippen molar-refractivity contribution in [1.82, 2.24) is 15.5 Å². The number of nitrogens with zero attached hydrogens (tertiary/aromatic N) is 1. The second-order valence-electron chi connectivity index (χ2n) is 12.0. The number of nitrogens with one attached hydrogen (secondary N) is 3. The number of fused-ring (bicyclic) bond motifs is 1. The van der Waals surface area contributed by atoms with E-state index in [9.17, 15) is 19.2 Å². The highest BCUT2D eigenvalue weighted by Gasteiger charge is 2.87. The molecule has 1 aromatic rings. The lowest BCUT2D eigenvalue weighted by molar-refractivity contribution is -0.397. The fourth-order valence-corrected chi connectivity index (χ4v) is 8.98. The molecule has 8 nitrogen and oxygen atoms in total. The molecular weight excluding hydrogens is 456 g/mol. The summed E-state index contributed by atoms with van der Waals surface area (Å²) in [6.07, 6.45) is 10.8. The summed E-state index contributed by atoms with van der Waals surface area (Å²) < 4.78 is 0. The Morgan fingerprint density at radius 2 is 1.61 bits per heavy atom. The molecule has 1 aromatic carbocycles. The summed E-state index contributed by atoms with van der Waals surface area (Å²) in [6, 6.07) is 4.24. The number of hydrogen-bond donors (Lipinski definition) is 3. The Morgan fingerprint density at radius 3 is 2.31 bits per heavy atom. The Hall–Kier alpha value is -2.74. The number of carbonyl (C=O) groups is 4. The highest BCUT2D eigenvalue weighted by Crippen LogP contribution is 2.89. The summed E-state index contributed by atoms with van der Waals surface area (Å²) in [5, 5.41) is 9.57. The van der Waals surface area contributed by atoms with Crippen LogP contribution in [0.2, 0.25) is 0 Å². The number of unbranched alkanes of at least 4 members (excludes halogenated alkanes) is 3. The fourth-order valence-electron chi connectivity index (χ4n) is 8.98. The first-order valence-corrected chi connectivity index (χ1v) is 13.8. The van der Waals surface area contributed by atoms with Crippen molar-refractivity contribution in [3.8, 4) is 0 Å². The SMILES string of the molecule is O=C1CCC(N2C(=O)c3ccc(NCCCCCCNC45CC6CC7CC(C4)C765)cc3C2=O)C(=O)N1. The van der Waals surface area contributed by atoms with Gasteiger partial charge in [0.15, 0.2) is 0 Å². The molecule has 190 valence electrons. The third kappa shape index (κ3) is 2.85. The molecule has 0 bridgehead atoms. The van der Waals surface area contributed by atoms with Crippen LogP contribution in [-0.2, 0) is 9.59 Å². The number of hydrogen-bond acceptors (Lipinski definition) is 6. The van der Waals surface area contributed by atoms with E-state index in [1.165, 1.54) is 38.5 Å². The van der Waals surface area contributed by atoms with Gasteiger partial charge in [0.05, 0.1) is 11.1 Å². The van der Waals surface area contributed by atoms with Crippen LogP contribution in [-0.4, -0.2) is 53.2 Å². The second kappa shape index (κ2) is 7.88. The molecule has 1 saturated heterocycles. The van der Waals surface area contributed by atoms with Gasteiger partial charge in [-0.25, -0.2) is 0 Å². The zero-order valence-electron chi connectivity index (χ0n) is 20.6. The molecule has 1 spiro atoms. The first-order chi connectivity index (χ1) is 17.4. The number of amides is 4. The number of carbonyl (C=O) groups excluding carboxylic acids is 4. The summed E-state index contributed by atoms with van der Waals surface area (Å²) in [5.74, 6) is 1.28. The summed E-state index contributed by atoms with van der Waals surface area (Å²) >= 11 is 0. The standard InChI is InChI=1S/C28H34N4O4/c33-23-8-7-22(24(34)31-23)32-25(35)20-6-5-19(13-21(20)26(32)36)29-9-3-1-2-4-10-30-27-14-17-11-16-12-18(15-27)28(16,17)27/h5-6,13,16-18,22,29-30H,1-4,7-12,14-15H2,(H,31,33,34). The summed E-state index contributed by atoms with van der Waals surface area (Å²) in [4.78, 5) is 50.4. The minimum Gasteiger partial charge on any atom is -0.385 e. The van der Waals surface area contributed by atoms with Gasteiger partial charge in [-0.1, -0.05) is 12.8 Å². The van der Waals surface area contributed by atoms with Crippen molar-refractivity contribution in [3.05, 3.63) is 29.3 Å². The third-order valence-electron chi connectivity index (χ3n) is 10.5. The Balaban J connectivity index is 0.847. The number of anilines is 1. The van der Waals surface area contributed by atoms with E-state index in [1.54, 1.807) is 12.1 Å². The normalized spacial score (nSPS) is 37.1. The Morgan fingerprint density at radius 1 is 0.889 bits per heavy atom. The van der Waals surface area contributed by atoms with Gasteiger partial charge >= 0.3 is 0 Å². The third-order valence-corrected chi connectivity index (χ3v) is 10.5. The fraction of sp³-hybridized carbons (Fsp3) is 0.643. The lowest BCUT2D eigenvalue weighted by Gasteiger charge is -2.91. The summed E-state index contributed by atoms with van der Waals surface area (Å²) in [5.41, 5.74) is 2.72. The number of piperidine rings is 1. The maximum atomic E-state index is 13.0. The predicted molar refractivity (Wildman–Crippen MR) is 132 cm³/mol. The summed E-state index contributed by atoms with van der Waals surface area (Å²) in [6.45, 7) is 1.95. The smallest absolute Gasteiger partial charge is 0.262 e. The lowest BCUT2D eigenvalue weighted by Crippen LogP contribution is -2.92. The zero-order chi connectivity index (χ0) is 24.7. The molecule has 4 amide bonds. The molecule has 7 rings (SSSR count). The lowest BCUT2D eigenvalue weighted by atomic mass is 9.15. The maximum absolute atomic E-state index is 13.0. The topological polar surface area (TPSA) is 108 Å². The van der Waals surface area contributed by atoms with Gasteiger partial charge in [-0.05, 0) is 92.9 Å². The van der Waals surface area contributed by atoms with Crippen LogP contribution >= 0.6 is 0 Å². The maximum Gasteiger partial charge on any atom is 0.262 e. The van der Waals surface area contributed by atoms with Crippen molar-refractivity contribution >= 4 is 29.3 Å². The van der Waals surface area contributed by atoms with Gasteiger partial charge in [0, 0.05) is 24.2 Å². The molecule has 8 heteroatoms. The van der Waals surface area contributed by atoms with Crippen LogP contribution in [0.3, 0.4) is 0 Å². The largest absolute Gasteiger partial charge is 0.385 e. The number of rotatable bonds is 10. The molecule has 4 aliphatic carbocycles. The highest BCUT2D eigenvalue weighted by molar-refractivity contribution is 6.23. The molecule has 3 N–H and O–H groups in total. The van der Waals surface area contributed by atoms with Crippen LogP contribution in [0.5, 0.6) is 0 Å². The Kier molecular flexibility index (Phi) is 4.91. The average molecular weight is 491 g/mol. The van der Waals surface area contributed by atoms with Gasteiger partial charge in [0.1, 0.15) is 6.04 Å². The Bertz CT molecular complexity index is 1150. The first kappa shape index (κ1) is 22.5. The van der Waals surface area contributed by atoms with Gasteiger partial charge in [-0.2, -0.15) is 0 Å². The van der Waals surface area contributed by atoms with E-state index in [4.69, 9.17) is 0 Å². The predicted octanol–water partition coefficient (Wildman–Crippen LogP) is 2.84. The van der Waals surface area contributed by atoms with Crippen molar-refractivity contribution in [2.24, 2.45) is 23.2 Å². The van der Waals surface area contributed by atoms with Crippen molar-refractivity contribution in [2.45, 2.75) is 75.8 Å². The van der Waals surface area contributed by atoms with Gasteiger partial charge in [0.25, 0.3) is 11.8 Å². The second-order valence-corrected chi connectivity index (χ2v) is 12.0. The molecule has 6 aliphatic rings. The van der Waals surface area contributed by atoms with Crippen LogP contribution in [0.1, 0.15) is 84.9 Å². The Labute approximate surface area is 210 Å². The van der Waals surface area contributed by atoms with Crippen molar-refractivity contribution in [1.29, 1.82) is 0 Å². The van der Waals surface area contributed by atoms with Crippen LogP contribution in [0, 0.1) is 23.2 Å². The highest BCUT2D eigenvalue weighted by atomic mass is 16.2. The molecule has 0 radical (unpaired) electrons. The van der Waals surface area contributed by atoms with E-state index in [0.29, 0.717) is 16.7 Å². The first-order valence-electron chi connectivity index (χ1n) is 13.8. The van der Waals surface area contributed by atoms with E-state index in [-0.39, 0.29) is 18.7 Å². The molecule has 36 heavy (non-hydrogen) atoms. The van der Waals surface area contributed by atoms with E-state index in [0.717, 1.165) is 59.7 Å². The van der Waals surface area contributed by atoms with Crippen LogP contribution in [0.15, 0.2) is 18.2 Å². The van der Waals surface area contributed by atoms with Gasteiger partial charge in [0.2, 0.25) is 11.8 Å². The number of benzene rings is 1. The van der Waals surface area contributed by atoms with Crippen LogP contribution < -0.4 is 16.0 Å². The average Bonchev–Trinajstić information content (AvgIpc) is 3.05. The van der Waals surface area contributed by atoms with Crippen molar-refractivity contribution < 1.29 is 19.2 Å². The summed E-state index contributed by atoms with van der Waals surface area (Å²) in [7, 11) is 0. The van der Waals surface area contributed by atoms with Crippen LogP contribution in [0.4, 0.5) is 5.69 Å². The molecule has 3 atom stereocenters. The van der Waals surface area contributed by atoms with E-state index < -0.39 is 23.8 Å². The molecule has 2 heterocycles. The minimum absolute atomic E-state index is 0.121. The van der Waals surface area contributed by atoms with E-state index >= 15 is 0 Å². The van der Waals surface area contributed by atoms with Crippen LogP contribution in [0.25, 0.3) is 0 Å². The quantitative estimate of drug-likeness (QED) is 0.344. The van der Waals surface area contributed by atoms with Gasteiger partial charge in [-0.3, -0.25) is 29.4 Å². The van der Waals surface area contributed by atoms with E-state index in [1.807, 2.05) is 6.07 Å².